The second kappa shape index (κ2) is 6.22. The largest absolute Gasteiger partial charge is 0.457 e. The molecule has 0 saturated heterocycles. The lowest BCUT2D eigenvalue weighted by atomic mass is 10.1. The van der Waals surface area contributed by atoms with Gasteiger partial charge in [-0.1, -0.05) is 28.1 Å². The molecule has 3 heteroatoms. The highest BCUT2D eigenvalue weighted by atomic mass is 79.9. The second-order valence-electron chi connectivity index (χ2n) is 4.59. The second-order valence-corrected chi connectivity index (χ2v) is 5.51. The first-order chi connectivity index (χ1) is 9.10. The van der Waals surface area contributed by atoms with Gasteiger partial charge in [0.2, 0.25) is 0 Å². The quantitative estimate of drug-likeness (QED) is 0.871. The van der Waals surface area contributed by atoms with E-state index in [1.165, 1.54) is 5.56 Å². The fourth-order valence-corrected chi connectivity index (χ4v) is 2.32. The number of aryl methyl sites for hydroxylation is 1. The van der Waals surface area contributed by atoms with Crippen LogP contribution in [0.1, 0.15) is 24.1 Å². The van der Waals surface area contributed by atoms with Gasteiger partial charge in [0.25, 0.3) is 0 Å². The van der Waals surface area contributed by atoms with Gasteiger partial charge in [-0.15, -0.1) is 0 Å². The molecule has 19 heavy (non-hydrogen) atoms. The Kier molecular flexibility index (Phi) is 4.61. The van der Waals surface area contributed by atoms with E-state index >= 15 is 0 Å². The lowest BCUT2D eigenvalue weighted by Crippen LogP contribution is -2.11. The molecule has 0 aliphatic heterocycles. The standard InChI is InChI=1S/C16H18BrNO/c1-11-10-14(17)6-9-16(11)19-15-7-4-13(5-8-15)12(2)18-3/h4-10,12,18H,1-3H3. The molecule has 0 saturated carbocycles. The molecule has 0 radical (unpaired) electrons. The summed E-state index contributed by atoms with van der Waals surface area (Å²) in [6.07, 6.45) is 0. The molecule has 0 amide bonds. The maximum Gasteiger partial charge on any atom is 0.130 e. The maximum atomic E-state index is 5.89. The topological polar surface area (TPSA) is 21.3 Å². The number of nitrogens with one attached hydrogen (secondary N) is 1. The summed E-state index contributed by atoms with van der Waals surface area (Å²) in [7, 11) is 1.96. The van der Waals surface area contributed by atoms with Gasteiger partial charge in [0.1, 0.15) is 11.5 Å². The highest BCUT2D eigenvalue weighted by Crippen LogP contribution is 2.28. The summed E-state index contributed by atoms with van der Waals surface area (Å²) >= 11 is 3.45. The molecule has 2 nitrogen and oxygen atoms in total. The lowest BCUT2D eigenvalue weighted by Gasteiger charge is -2.12. The van der Waals surface area contributed by atoms with Gasteiger partial charge in [-0.2, -0.15) is 0 Å². The lowest BCUT2D eigenvalue weighted by molar-refractivity contribution is 0.478. The minimum atomic E-state index is 0.350. The molecule has 0 aliphatic carbocycles. The monoisotopic (exact) mass is 319 g/mol. The Morgan fingerprint density at radius 2 is 1.79 bits per heavy atom. The van der Waals surface area contributed by atoms with Crippen LogP contribution in [-0.2, 0) is 0 Å². The Morgan fingerprint density at radius 1 is 1.11 bits per heavy atom. The molecule has 1 atom stereocenters. The van der Waals surface area contributed by atoms with Crippen molar-refractivity contribution in [3.05, 3.63) is 58.1 Å². The molecule has 2 aromatic rings. The fourth-order valence-electron chi connectivity index (χ4n) is 1.85. The molecule has 0 heterocycles. The van der Waals surface area contributed by atoms with Gasteiger partial charge >= 0.3 is 0 Å². The molecule has 1 N–H and O–H groups in total. The van der Waals surface area contributed by atoms with Gasteiger partial charge in [-0.05, 0) is 62.4 Å². The van der Waals surface area contributed by atoms with Crippen LogP contribution in [0.4, 0.5) is 0 Å². The third-order valence-corrected chi connectivity index (χ3v) is 3.67. The van der Waals surface area contributed by atoms with Crippen molar-refractivity contribution in [3.8, 4) is 11.5 Å². The van der Waals surface area contributed by atoms with E-state index < -0.39 is 0 Å². The fraction of sp³-hybridized carbons (Fsp3) is 0.250. The summed E-state index contributed by atoms with van der Waals surface area (Å²) in [4.78, 5) is 0. The minimum Gasteiger partial charge on any atom is -0.457 e. The summed E-state index contributed by atoms with van der Waals surface area (Å²) in [6.45, 7) is 4.17. The van der Waals surface area contributed by atoms with Crippen molar-refractivity contribution < 1.29 is 4.74 Å². The molecular weight excluding hydrogens is 302 g/mol. The van der Waals surface area contributed by atoms with Crippen LogP contribution in [0.25, 0.3) is 0 Å². The molecule has 100 valence electrons. The van der Waals surface area contributed by atoms with Gasteiger partial charge in [0, 0.05) is 10.5 Å². The molecule has 0 aliphatic rings. The number of hydrogen-bond donors (Lipinski definition) is 1. The van der Waals surface area contributed by atoms with E-state index in [1.54, 1.807) is 0 Å². The molecule has 0 bridgehead atoms. The summed E-state index contributed by atoms with van der Waals surface area (Å²) < 4.78 is 6.96. The van der Waals surface area contributed by atoms with Crippen LogP contribution in [0, 0.1) is 6.92 Å². The molecule has 0 spiro atoms. The summed E-state index contributed by atoms with van der Waals surface area (Å²) in [6, 6.07) is 14.5. The zero-order valence-corrected chi connectivity index (χ0v) is 13.0. The minimum absolute atomic E-state index is 0.350. The van der Waals surface area contributed by atoms with Gasteiger partial charge < -0.3 is 10.1 Å². The van der Waals surface area contributed by atoms with Gasteiger partial charge in [0.05, 0.1) is 0 Å². The number of ether oxygens (including phenoxy) is 1. The van der Waals surface area contributed by atoms with Gasteiger partial charge in [-0.25, -0.2) is 0 Å². The average molecular weight is 320 g/mol. The predicted octanol–water partition coefficient (Wildman–Crippen LogP) is 4.83. The summed E-state index contributed by atoms with van der Waals surface area (Å²) in [5.74, 6) is 1.75. The van der Waals surface area contributed by atoms with E-state index in [0.29, 0.717) is 6.04 Å². The van der Waals surface area contributed by atoms with Crippen LogP contribution in [0.2, 0.25) is 0 Å². The van der Waals surface area contributed by atoms with E-state index in [9.17, 15) is 0 Å². The Labute approximate surface area is 122 Å². The van der Waals surface area contributed by atoms with Crippen LogP contribution in [0.15, 0.2) is 46.9 Å². The van der Waals surface area contributed by atoms with E-state index in [0.717, 1.165) is 21.5 Å². The highest BCUT2D eigenvalue weighted by molar-refractivity contribution is 9.10. The zero-order valence-electron chi connectivity index (χ0n) is 11.4. The Balaban J connectivity index is 2.15. The Bertz CT molecular complexity index is 551. The van der Waals surface area contributed by atoms with E-state index in [1.807, 2.05) is 44.3 Å². The Hall–Kier alpha value is -1.32. The third kappa shape index (κ3) is 3.58. The van der Waals surface area contributed by atoms with Gasteiger partial charge in [-0.3, -0.25) is 0 Å². The van der Waals surface area contributed by atoms with Crippen LogP contribution in [-0.4, -0.2) is 7.05 Å². The van der Waals surface area contributed by atoms with Gasteiger partial charge in [0.15, 0.2) is 0 Å². The van der Waals surface area contributed by atoms with Crippen LogP contribution >= 0.6 is 15.9 Å². The van der Waals surface area contributed by atoms with Crippen molar-refractivity contribution in [1.29, 1.82) is 0 Å². The number of rotatable bonds is 4. The van der Waals surface area contributed by atoms with Crippen molar-refractivity contribution in [2.24, 2.45) is 0 Å². The number of halogens is 1. The zero-order chi connectivity index (χ0) is 13.8. The van der Waals surface area contributed by atoms with Crippen molar-refractivity contribution in [2.75, 3.05) is 7.05 Å². The SMILES string of the molecule is CNC(C)c1ccc(Oc2ccc(Br)cc2C)cc1. The molecule has 2 rings (SSSR count). The maximum absolute atomic E-state index is 5.89. The normalized spacial score (nSPS) is 12.2. The molecule has 0 fully saturated rings. The van der Waals surface area contributed by atoms with Crippen LogP contribution in [0.3, 0.4) is 0 Å². The first-order valence-corrected chi connectivity index (χ1v) is 7.10. The average Bonchev–Trinajstić information content (AvgIpc) is 2.42. The molecule has 2 aromatic carbocycles. The van der Waals surface area contributed by atoms with Crippen molar-refractivity contribution >= 4 is 15.9 Å². The van der Waals surface area contributed by atoms with E-state index in [4.69, 9.17) is 4.74 Å². The molecule has 1 unspecified atom stereocenters. The first-order valence-electron chi connectivity index (χ1n) is 6.31. The molecule has 0 aromatic heterocycles. The van der Waals surface area contributed by atoms with Crippen LogP contribution < -0.4 is 10.1 Å². The third-order valence-electron chi connectivity index (χ3n) is 3.18. The number of hydrogen-bond acceptors (Lipinski definition) is 2. The van der Waals surface area contributed by atoms with E-state index in [2.05, 4.69) is 40.3 Å². The smallest absolute Gasteiger partial charge is 0.130 e. The predicted molar refractivity (Wildman–Crippen MR) is 82.9 cm³/mol. The van der Waals surface area contributed by atoms with E-state index in [-0.39, 0.29) is 0 Å². The van der Waals surface area contributed by atoms with Crippen LogP contribution in [0.5, 0.6) is 11.5 Å². The summed E-state index contributed by atoms with van der Waals surface area (Å²) in [5.41, 5.74) is 2.37. The number of benzene rings is 2. The highest BCUT2D eigenvalue weighted by Gasteiger charge is 2.04. The van der Waals surface area contributed by atoms with Crippen molar-refractivity contribution in [3.63, 3.8) is 0 Å². The van der Waals surface area contributed by atoms with Crippen molar-refractivity contribution in [1.82, 2.24) is 5.32 Å². The Morgan fingerprint density at radius 3 is 2.37 bits per heavy atom. The molecular formula is C16H18BrNO. The first kappa shape index (κ1) is 14.1. The summed E-state index contributed by atoms with van der Waals surface area (Å²) in [5, 5.41) is 3.22. The van der Waals surface area contributed by atoms with Crippen molar-refractivity contribution in [2.45, 2.75) is 19.9 Å².